The highest BCUT2D eigenvalue weighted by Gasteiger charge is 2.38. The second kappa shape index (κ2) is 6.05. The van der Waals surface area contributed by atoms with Crippen molar-refractivity contribution in [3.63, 3.8) is 0 Å². The van der Waals surface area contributed by atoms with Gasteiger partial charge < -0.3 is 10.1 Å². The van der Waals surface area contributed by atoms with E-state index in [2.05, 4.69) is 19.2 Å². The van der Waals surface area contributed by atoms with Crippen molar-refractivity contribution in [3.8, 4) is 0 Å². The number of alkyl halides is 3. The Morgan fingerprint density at radius 3 is 2.35 bits per heavy atom. The molecule has 1 rings (SSSR count). The van der Waals surface area contributed by atoms with Gasteiger partial charge in [-0.1, -0.05) is 13.8 Å². The van der Waals surface area contributed by atoms with Gasteiger partial charge in [-0.15, -0.1) is 0 Å². The quantitative estimate of drug-likeness (QED) is 0.752. The van der Waals surface area contributed by atoms with Gasteiger partial charge in [0, 0.05) is 6.04 Å². The van der Waals surface area contributed by atoms with Crippen LogP contribution in [0.4, 0.5) is 13.2 Å². The SMILES string of the molecule is CC(C)NCCC1(OCCC(F)(F)F)CCC1. The summed E-state index contributed by atoms with van der Waals surface area (Å²) in [4.78, 5) is 0. The van der Waals surface area contributed by atoms with Crippen molar-refractivity contribution in [2.45, 2.75) is 63.8 Å². The molecule has 5 heteroatoms. The van der Waals surface area contributed by atoms with Crippen molar-refractivity contribution < 1.29 is 17.9 Å². The molecule has 0 aliphatic heterocycles. The van der Waals surface area contributed by atoms with E-state index >= 15 is 0 Å². The first kappa shape index (κ1) is 14.8. The molecule has 102 valence electrons. The number of halogens is 3. The topological polar surface area (TPSA) is 21.3 Å². The van der Waals surface area contributed by atoms with Crippen molar-refractivity contribution in [2.24, 2.45) is 0 Å². The largest absolute Gasteiger partial charge is 0.391 e. The first-order valence-electron chi connectivity index (χ1n) is 6.27. The fourth-order valence-electron chi connectivity index (χ4n) is 2.01. The molecule has 1 aliphatic rings. The minimum atomic E-state index is -4.11. The average Bonchev–Trinajstić information content (AvgIpc) is 2.10. The molecule has 0 radical (unpaired) electrons. The van der Waals surface area contributed by atoms with E-state index in [-0.39, 0.29) is 12.2 Å². The van der Waals surface area contributed by atoms with Crippen molar-refractivity contribution in [2.75, 3.05) is 13.2 Å². The van der Waals surface area contributed by atoms with Crippen molar-refractivity contribution in [1.29, 1.82) is 0 Å². The molecule has 0 aromatic rings. The number of ether oxygens (including phenoxy) is 1. The Balaban J connectivity index is 2.21. The second-order valence-electron chi connectivity index (χ2n) is 5.11. The lowest BCUT2D eigenvalue weighted by molar-refractivity contribution is -0.170. The maximum atomic E-state index is 12.0. The van der Waals surface area contributed by atoms with E-state index in [1.54, 1.807) is 0 Å². The van der Waals surface area contributed by atoms with Crippen LogP contribution >= 0.6 is 0 Å². The monoisotopic (exact) mass is 253 g/mol. The van der Waals surface area contributed by atoms with E-state index < -0.39 is 12.6 Å². The highest BCUT2D eigenvalue weighted by molar-refractivity contribution is 4.90. The van der Waals surface area contributed by atoms with Gasteiger partial charge in [0.25, 0.3) is 0 Å². The van der Waals surface area contributed by atoms with Crippen LogP contribution in [-0.2, 0) is 4.74 Å². The lowest BCUT2D eigenvalue weighted by Crippen LogP contribution is -2.44. The molecule has 17 heavy (non-hydrogen) atoms. The van der Waals surface area contributed by atoms with Crippen LogP contribution in [0.3, 0.4) is 0 Å². The molecule has 0 amide bonds. The first-order valence-corrected chi connectivity index (χ1v) is 6.27. The Hall–Kier alpha value is -0.290. The van der Waals surface area contributed by atoms with Gasteiger partial charge >= 0.3 is 6.18 Å². The summed E-state index contributed by atoms with van der Waals surface area (Å²) >= 11 is 0. The Bertz CT molecular complexity index is 224. The normalized spacial score (nSPS) is 19.4. The van der Waals surface area contributed by atoms with E-state index in [1.807, 2.05) is 0 Å². The molecule has 0 atom stereocenters. The molecule has 1 aliphatic carbocycles. The second-order valence-corrected chi connectivity index (χ2v) is 5.11. The molecule has 2 nitrogen and oxygen atoms in total. The van der Waals surface area contributed by atoms with E-state index in [9.17, 15) is 13.2 Å². The minimum Gasteiger partial charge on any atom is -0.375 e. The average molecular weight is 253 g/mol. The summed E-state index contributed by atoms with van der Waals surface area (Å²) in [5.41, 5.74) is -0.285. The summed E-state index contributed by atoms with van der Waals surface area (Å²) in [7, 11) is 0. The van der Waals surface area contributed by atoms with E-state index in [1.165, 1.54) is 0 Å². The van der Waals surface area contributed by atoms with Crippen molar-refractivity contribution in [3.05, 3.63) is 0 Å². The van der Waals surface area contributed by atoms with Crippen molar-refractivity contribution in [1.82, 2.24) is 5.32 Å². The molecule has 0 unspecified atom stereocenters. The summed E-state index contributed by atoms with van der Waals surface area (Å²) in [5.74, 6) is 0. The van der Waals surface area contributed by atoms with Gasteiger partial charge in [-0.05, 0) is 32.2 Å². The van der Waals surface area contributed by atoms with Crippen molar-refractivity contribution >= 4 is 0 Å². The van der Waals surface area contributed by atoms with Gasteiger partial charge in [-0.25, -0.2) is 0 Å². The Labute approximate surface area is 101 Å². The number of hydrogen-bond acceptors (Lipinski definition) is 2. The van der Waals surface area contributed by atoms with Gasteiger partial charge in [-0.2, -0.15) is 13.2 Å². The Kier molecular flexibility index (Phi) is 5.25. The van der Waals surface area contributed by atoms with E-state index in [4.69, 9.17) is 4.74 Å². The van der Waals surface area contributed by atoms with Crippen LogP contribution in [0.1, 0.15) is 46.0 Å². The maximum Gasteiger partial charge on any atom is 0.391 e. The first-order chi connectivity index (χ1) is 7.83. The van der Waals surface area contributed by atoms with E-state index in [0.717, 1.165) is 32.2 Å². The van der Waals surface area contributed by atoms with Gasteiger partial charge in [0.2, 0.25) is 0 Å². The van der Waals surface area contributed by atoms with Crippen LogP contribution < -0.4 is 5.32 Å². The summed E-state index contributed by atoms with van der Waals surface area (Å²) in [6.45, 7) is 4.71. The third-order valence-electron chi connectivity index (χ3n) is 3.19. The molecule has 0 aromatic carbocycles. The van der Waals surface area contributed by atoms with Crippen LogP contribution in [0.15, 0.2) is 0 Å². The highest BCUT2D eigenvalue weighted by Crippen LogP contribution is 2.39. The van der Waals surface area contributed by atoms with E-state index in [0.29, 0.717) is 6.04 Å². The minimum absolute atomic E-state index is 0.203. The summed E-state index contributed by atoms with van der Waals surface area (Å²) in [6.07, 6.45) is -1.29. The molecule has 0 heterocycles. The molecular weight excluding hydrogens is 231 g/mol. The smallest absolute Gasteiger partial charge is 0.375 e. The van der Waals surface area contributed by atoms with Gasteiger partial charge in [0.15, 0.2) is 0 Å². The number of nitrogens with one attached hydrogen (secondary N) is 1. The number of rotatable bonds is 7. The fraction of sp³-hybridized carbons (Fsp3) is 1.00. The third kappa shape index (κ3) is 5.73. The predicted molar refractivity (Wildman–Crippen MR) is 61.0 cm³/mol. The molecular formula is C12H22F3NO. The molecule has 1 N–H and O–H groups in total. The number of hydrogen-bond donors (Lipinski definition) is 1. The fourth-order valence-corrected chi connectivity index (χ4v) is 2.01. The van der Waals surface area contributed by atoms with Gasteiger partial charge in [0.05, 0.1) is 18.6 Å². The predicted octanol–water partition coefficient (Wildman–Crippen LogP) is 3.27. The zero-order valence-electron chi connectivity index (χ0n) is 10.6. The lowest BCUT2D eigenvalue weighted by atomic mass is 9.77. The standard InChI is InChI=1S/C12H22F3NO/c1-10(2)16-8-6-11(4-3-5-11)17-9-7-12(13,14)15/h10,16H,3-9H2,1-2H3. The summed E-state index contributed by atoms with van der Waals surface area (Å²) < 4.78 is 41.5. The Morgan fingerprint density at radius 1 is 1.29 bits per heavy atom. The lowest BCUT2D eigenvalue weighted by Gasteiger charge is -2.42. The summed E-state index contributed by atoms with van der Waals surface area (Å²) in [5, 5.41) is 3.27. The maximum absolute atomic E-state index is 12.0. The Morgan fingerprint density at radius 2 is 1.94 bits per heavy atom. The summed E-state index contributed by atoms with van der Waals surface area (Å²) in [6, 6.07) is 0.405. The zero-order valence-corrected chi connectivity index (χ0v) is 10.6. The van der Waals surface area contributed by atoms with Crippen LogP contribution in [0, 0.1) is 0 Å². The van der Waals surface area contributed by atoms with Crippen LogP contribution in [0.2, 0.25) is 0 Å². The highest BCUT2D eigenvalue weighted by atomic mass is 19.4. The zero-order chi connectivity index (χ0) is 12.9. The molecule has 0 saturated heterocycles. The molecule has 1 saturated carbocycles. The van der Waals surface area contributed by atoms with Gasteiger partial charge in [-0.3, -0.25) is 0 Å². The molecule has 0 bridgehead atoms. The molecule has 0 aromatic heterocycles. The van der Waals surface area contributed by atoms with Crippen LogP contribution in [-0.4, -0.2) is 31.0 Å². The van der Waals surface area contributed by atoms with Crippen LogP contribution in [0.25, 0.3) is 0 Å². The third-order valence-corrected chi connectivity index (χ3v) is 3.19. The molecule has 0 spiro atoms. The molecule has 1 fully saturated rings. The van der Waals surface area contributed by atoms with Gasteiger partial charge in [0.1, 0.15) is 0 Å². The van der Waals surface area contributed by atoms with Crippen LogP contribution in [0.5, 0.6) is 0 Å².